The van der Waals surface area contributed by atoms with Crippen molar-refractivity contribution in [3.8, 4) is 5.88 Å². The molecule has 2 bridgehead atoms. The predicted octanol–water partition coefficient (Wildman–Crippen LogP) is 3.94. The van der Waals surface area contributed by atoms with E-state index < -0.39 is 18.7 Å². The molecule has 1 aromatic heterocycles. The van der Waals surface area contributed by atoms with Crippen LogP contribution in [0.2, 0.25) is 18.1 Å². The van der Waals surface area contributed by atoms with E-state index in [0.717, 1.165) is 0 Å². The summed E-state index contributed by atoms with van der Waals surface area (Å²) in [7, 11) is -0.437. The quantitative estimate of drug-likeness (QED) is 0.189. The molecular weight excluding hydrogens is 406 g/mol. The summed E-state index contributed by atoms with van der Waals surface area (Å²) < 4.78 is 18.4. The highest BCUT2D eigenvalue weighted by Gasteiger charge is 2.74. The summed E-state index contributed by atoms with van der Waals surface area (Å²) in [6.45, 7) is 13.5. The van der Waals surface area contributed by atoms with Gasteiger partial charge in [-0.05, 0) is 44.3 Å². The third-order valence-electron chi connectivity index (χ3n) is 7.10. The van der Waals surface area contributed by atoms with Crippen molar-refractivity contribution in [3.05, 3.63) is 15.8 Å². The lowest BCUT2D eigenvalue weighted by Gasteiger charge is -2.67. The van der Waals surface area contributed by atoms with Crippen LogP contribution in [0.1, 0.15) is 52.1 Å². The van der Waals surface area contributed by atoms with E-state index >= 15 is 0 Å². The molecule has 0 N–H and O–H groups in total. The summed E-state index contributed by atoms with van der Waals surface area (Å²) in [6, 6.07) is 0. The first-order valence-corrected chi connectivity index (χ1v) is 13.3. The average Bonchev–Trinajstić information content (AvgIpc) is 2.87. The van der Waals surface area contributed by atoms with E-state index in [0.29, 0.717) is 44.6 Å². The van der Waals surface area contributed by atoms with Gasteiger partial charge < -0.3 is 13.9 Å². The summed E-state index contributed by atoms with van der Waals surface area (Å²) in [5.74, 6) is -0.163. The summed E-state index contributed by atoms with van der Waals surface area (Å²) in [5.41, 5.74) is -0.414. The van der Waals surface area contributed by atoms with Gasteiger partial charge in [-0.2, -0.15) is 0 Å². The van der Waals surface area contributed by atoms with Crippen molar-refractivity contribution in [2.75, 3.05) is 20.3 Å². The molecule has 3 aliphatic rings. The van der Waals surface area contributed by atoms with Crippen molar-refractivity contribution in [2.45, 2.75) is 77.0 Å². The number of aromatic nitrogens is 2. The molecule has 0 unspecified atom stereocenters. The molecule has 30 heavy (non-hydrogen) atoms. The molecule has 0 spiro atoms. The maximum absolute atomic E-state index is 11.9. The van der Waals surface area contributed by atoms with Crippen LogP contribution in [-0.2, 0) is 19.5 Å². The molecule has 4 rings (SSSR count). The molecule has 0 aliphatic heterocycles. The predicted molar refractivity (Wildman–Crippen MR) is 113 cm³/mol. The SMILES string of the molecule is COC(=O)C12CC(n3nc(OCCCO[Si](C)(C)C(C)(C)C)c([N+](=O)[O-])c3C)(C1)C2. The Bertz CT molecular complexity index is 838. The molecule has 1 aromatic rings. The van der Waals surface area contributed by atoms with Gasteiger partial charge in [-0.1, -0.05) is 20.8 Å². The van der Waals surface area contributed by atoms with Gasteiger partial charge in [0.15, 0.2) is 8.32 Å². The molecule has 9 nitrogen and oxygen atoms in total. The summed E-state index contributed by atoms with van der Waals surface area (Å²) >= 11 is 0. The minimum Gasteiger partial charge on any atom is -0.472 e. The van der Waals surface area contributed by atoms with E-state index in [1.807, 2.05) is 0 Å². The number of methoxy groups -OCH3 is 1. The third kappa shape index (κ3) is 3.53. The fourth-order valence-electron chi connectivity index (χ4n) is 4.40. The zero-order chi connectivity index (χ0) is 22.5. The number of carbonyl (C=O) groups excluding carboxylic acids is 1. The van der Waals surface area contributed by atoms with Crippen molar-refractivity contribution in [1.82, 2.24) is 9.78 Å². The lowest BCUT2D eigenvalue weighted by Crippen LogP contribution is -2.71. The van der Waals surface area contributed by atoms with Gasteiger partial charge in [0.1, 0.15) is 5.69 Å². The van der Waals surface area contributed by atoms with Gasteiger partial charge in [-0.15, -0.1) is 5.10 Å². The van der Waals surface area contributed by atoms with Gasteiger partial charge in [0.05, 0.1) is 29.6 Å². The normalized spacial score (nSPS) is 25.3. The zero-order valence-corrected chi connectivity index (χ0v) is 20.0. The van der Waals surface area contributed by atoms with Gasteiger partial charge in [-0.25, -0.2) is 0 Å². The Hall–Kier alpha value is -1.94. The van der Waals surface area contributed by atoms with Crippen molar-refractivity contribution in [2.24, 2.45) is 5.41 Å². The Morgan fingerprint density at radius 2 is 1.87 bits per heavy atom. The third-order valence-corrected chi connectivity index (χ3v) is 11.6. The fraction of sp³-hybridized carbons (Fsp3) is 0.800. The average molecular weight is 440 g/mol. The van der Waals surface area contributed by atoms with Crippen molar-refractivity contribution in [3.63, 3.8) is 0 Å². The van der Waals surface area contributed by atoms with Gasteiger partial charge in [0.25, 0.3) is 0 Å². The zero-order valence-electron chi connectivity index (χ0n) is 19.0. The van der Waals surface area contributed by atoms with E-state index in [4.69, 9.17) is 13.9 Å². The number of ether oxygens (including phenoxy) is 2. The molecule has 168 valence electrons. The Morgan fingerprint density at radius 3 is 2.37 bits per heavy atom. The molecule has 1 heterocycles. The van der Waals surface area contributed by atoms with Crippen LogP contribution >= 0.6 is 0 Å². The second kappa shape index (κ2) is 7.33. The molecule has 3 aliphatic carbocycles. The molecular formula is C20H33N3O6Si. The second-order valence-electron chi connectivity index (χ2n) is 10.2. The van der Waals surface area contributed by atoms with Crippen LogP contribution < -0.4 is 4.74 Å². The fourth-order valence-corrected chi connectivity index (χ4v) is 5.49. The number of nitrogens with zero attached hydrogens (tertiary/aromatic N) is 3. The molecule has 0 saturated heterocycles. The number of nitro groups is 1. The summed E-state index contributed by atoms with van der Waals surface area (Å²) in [4.78, 5) is 23.1. The van der Waals surface area contributed by atoms with Crippen LogP contribution in [-0.4, -0.2) is 49.3 Å². The highest BCUT2D eigenvalue weighted by Crippen LogP contribution is 2.72. The summed E-state index contributed by atoms with van der Waals surface area (Å²) in [5, 5.41) is 16.2. The number of rotatable bonds is 9. The molecule has 3 saturated carbocycles. The Morgan fingerprint density at radius 1 is 1.27 bits per heavy atom. The topological polar surface area (TPSA) is 106 Å². The summed E-state index contributed by atoms with van der Waals surface area (Å²) in [6.07, 6.45) is 2.44. The monoisotopic (exact) mass is 439 g/mol. The van der Waals surface area contributed by atoms with Gasteiger partial charge in [0.2, 0.25) is 0 Å². The molecule has 3 fully saturated rings. The maximum atomic E-state index is 11.9. The minimum atomic E-state index is -1.83. The van der Waals surface area contributed by atoms with Crippen LogP contribution in [0.25, 0.3) is 0 Å². The number of hydrogen-bond acceptors (Lipinski definition) is 7. The van der Waals surface area contributed by atoms with Crippen LogP contribution in [0.15, 0.2) is 0 Å². The lowest BCUT2D eigenvalue weighted by atomic mass is 9.39. The molecule has 0 amide bonds. The van der Waals surface area contributed by atoms with Gasteiger partial charge in [0, 0.05) is 13.0 Å². The van der Waals surface area contributed by atoms with Gasteiger partial charge >= 0.3 is 17.5 Å². The van der Waals surface area contributed by atoms with Gasteiger partial charge in [-0.3, -0.25) is 19.6 Å². The largest absolute Gasteiger partial charge is 0.472 e. The van der Waals surface area contributed by atoms with Crippen LogP contribution in [0.5, 0.6) is 5.88 Å². The molecule has 0 atom stereocenters. The number of hydrogen-bond donors (Lipinski definition) is 0. The van der Waals surface area contributed by atoms with Crippen molar-refractivity contribution >= 4 is 20.0 Å². The van der Waals surface area contributed by atoms with Crippen LogP contribution in [0, 0.1) is 22.5 Å². The second-order valence-corrected chi connectivity index (χ2v) is 15.1. The highest BCUT2D eigenvalue weighted by molar-refractivity contribution is 6.74. The van der Waals surface area contributed by atoms with E-state index in [1.54, 1.807) is 11.6 Å². The first kappa shape index (κ1) is 22.7. The Labute approximate surface area is 178 Å². The lowest BCUT2D eigenvalue weighted by molar-refractivity contribution is -0.386. The van der Waals surface area contributed by atoms with E-state index in [-0.39, 0.29) is 28.1 Å². The maximum Gasteiger partial charge on any atom is 0.352 e. The van der Waals surface area contributed by atoms with Crippen LogP contribution in [0.4, 0.5) is 5.69 Å². The first-order chi connectivity index (χ1) is 13.8. The van der Waals surface area contributed by atoms with E-state index in [1.165, 1.54) is 7.11 Å². The first-order valence-electron chi connectivity index (χ1n) is 10.4. The number of carbonyl (C=O) groups is 1. The number of esters is 1. The Balaban J connectivity index is 1.62. The van der Waals surface area contributed by atoms with E-state index in [9.17, 15) is 14.9 Å². The molecule has 0 radical (unpaired) electrons. The smallest absolute Gasteiger partial charge is 0.352 e. The highest BCUT2D eigenvalue weighted by atomic mass is 28.4. The Kier molecular flexibility index (Phi) is 5.56. The van der Waals surface area contributed by atoms with Crippen molar-refractivity contribution < 1.29 is 23.6 Å². The van der Waals surface area contributed by atoms with E-state index in [2.05, 4.69) is 39.0 Å². The standard InChI is InChI=1S/C20H33N3O6Si/c1-14-15(23(25)26)16(28-9-8-10-29-30(6,7)18(2,3)4)21-22(14)20-11-19(12-20,13-20)17(24)27-5/h8-13H2,1-7H3. The molecule has 10 heteroatoms. The van der Waals surface area contributed by atoms with Crippen molar-refractivity contribution in [1.29, 1.82) is 0 Å². The molecule has 0 aromatic carbocycles. The minimum absolute atomic E-state index is 0.0432. The van der Waals surface area contributed by atoms with Crippen LogP contribution in [0.3, 0.4) is 0 Å².